The highest BCUT2D eigenvalue weighted by Gasteiger charge is 2.21. The third-order valence-electron chi connectivity index (χ3n) is 3.97. The van der Waals surface area contributed by atoms with Gasteiger partial charge >= 0.3 is 0 Å². The van der Waals surface area contributed by atoms with Crippen LogP contribution in [0.1, 0.15) is 51.0 Å². The second-order valence-electron chi connectivity index (χ2n) is 6.17. The van der Waals surface area contributed by atoms with Crippen molar-refractivity contribution in [3.8, 4) is 5.88 Å². The minimum Gasteiger partial charge on any atom is -0.477 e. The molecule has 2 N–H and O–H groups in total. The van der Waals surface area contributed by atoms with Crippen LogP contribution in [0.2, 0.25) is 0 Å². The number of aliphatic imine (C=N–C) groups is 1. The normalized spacial score (nSPS) is 14.0. The molecule has 1 aliphatic carbocycles. The Kier molecular flexibility index (Phi) is 10.8. The van der Waals surface area contributed by atoms with Crippen molar-refractivity contribution in [2.24, 2.45) is 10.9 Å². The van der Waals surface area contributed by atoms with Gasteiger partial charge in [0.1, 0.15) is 0 Å². The molecule has 0 spiro atoms. The van der Waals surface area contributed by atoms with E-state index < -0.39 is 0 Å². The summed E-state index contributed by atoms with van der Waals surface area (Å²) >= 11 is 0. The van der Waals surface area contributed by atoms with Crippen LogP contribution in [-0.4, -0.2) is 31.1 Å². The van der Waals surface area contributed by atoms with E-state index in [0.717, 1.165) is 36.5 Å². The van der Waals surface area contributed by atoms with E-state index in [1.54, 1.807) is 7.05 Å². The molecule has 0 unspecified atom stereocenters. The van der Waals surface area contributed by atoms with Gasteiger partial charge in [-0.3, -0.25) is 4.99 Å². The van der Waals surface area contributed by atoms with Gasteiger partial charge in [-0.2, -0.15) is 0 Å². The standard InChI is InChI=1S/C18H30N4O.HI/c1-3-4-5-6-11-20-18(19-2)22-13-16-9-10-17(21-12-16)23-14-15-7-8-15;/h9-10,12,15H,3-8,11,13-14H2,1-2H3,(H2,19,20,22);1H. The second kappa shape index (κ2) is 12.3. The molecule has 0 aromatic carbocycles. The van der Waals surface area contributed by atoms with Gasteiger partial charge in [-0.1, -0.05) is 32.3 Å². The quantitative estimate of drug-likeness (QED) is 0.249. The molecule has 0 atom stereocenters. The van der Waals surface area contributed by atoms with Crippen LogP contribution in [0, 0.1) is 5.92 Å². The Morgan fingerprint density at radius 2 is 2.08 bits per heavy atom. The number of nitrogens with one attached hydrogen (secondary N) is 2. The van der Waals surface area contributed by atoms with Gasteiger partial charge in [0.05, 0.1) is 6.61 Å². The van der Waals surface area contributed by atoms with Crippen LogP contribution in [-0.2, 0) is 6.54 Å². The Morgan fingerprint density at radius 1 is 1.25 bits per heavy atom. The fraction of sp³-hybridized carbons (Fsp3) is 0.667. The first-order chi connectivity index (χ1) is 11.3. The predicted octanol–water partition coefficient (Wildman–Crippen LogP) is 3.73. The van der Waals surface area contributed by atoms with E-state index in [9.17, 15) is 0 Å². The Labute approximate surface area is 163 Å². The lowest BCUT2D eigenvalue weighted by atomic mass is 10.2. The zero-order valence-electron chi connectivity index (χ0n) is 14.9. The molecule has 1 aromatic rings. The van der Waals surface area contributed by atoms with Crippen molar-refractivity contribution >= 4 is 29.9 Å². The van der Waals surface area contributed by atoms with Crippen LogP contribution in [0.25, 0.3) is 0 Å². The number of ether oxygens (including phenoxy) is 1. The van der Waals surface area contributed by atoms with Crippen LogP contribution in [0.15, 0.2) is 23.3 Å². The van der Waals surface area contributed by atoms with Crippen molar-refractivity contribution in [2.75, 3.05) is 20.2 Å². The molecule has 0 aliphatic heterocycles. The largest absolute Gasteiger partial charge is 0.477 e. The first-order valence-electron chi connectivity index (χ1n) is 8.84. The van der Waals surface area contributed by atoms with E-state index in [-0.39, 0.29) is 24.0 Å². The first kappa shape index (κ1) is 21.0. The summed E-state index contributed by atoms with van der Waals surface area (Å²) in [4.78, 5) is 8.60. The van der Waals surface area contributed by atoms with E-state index in [2.05, 4.69) is 33.6 Å². The number of hydrogen-bond acceptors (Lipinski definition) is 3. The Balaban J connectivity index is 0.00000288. The third kappa shape index (κ3) is 8.70. The first-order valence-corrected chi connectivity index (χ1v) is 8.84. The second-order valence-corrected chi connectivity index (χ2v) is 6.17. The summed E-state index contributed by atoms with van der Waals surface area (Å²) in [5, 5.41) is 6.66. The molecule has 1 saturated carbocycles. The molecule has 0 saturated heterocycles. The number of hydrogen-bond donors (Lipinski definition) is 2. The summed E-state index contributed by atoms with van der Waals surface area (Å²) in [5.74, 6) is 2.32. The Bertz CT molecular complexity index is 474. The molecule has 6 heteroatoms. The van der Waals surface area contributed by atoms with Gasteiger partial charge < -0.3 is 15.4 Å². The SMILES string of the molecule is CCCCCCNC(=NC)NCc1ccc(OCC2CC2)nc1.I. The molecule has 0 amide bonds. The van der Waals surface area contributed by atoms with Gasteiger partial charge in [-0.25, -0.2) is 4.98 Å². The highest BCUT2D eigenvalue weighted by Crippen LogP contribution is 2.29. The van der Waals surface area contributed by atoms with Gasteiger partial charge in [-0.05, 0) is 30.7 Å². The summed E-state index contributed by atoms with van der Waals surface area (Å²) in [5.41, 5.74) is 1.12. The molecule has 2 rings (SSSR count). The molecular weight excluding hydrogens is 415 g/mol. The summed E-state index contributed by atoms with van der Waals surface area (Å²) in [6.07, 6.45) is 9.48. The van der Waals surface area contributed by atoms with Crippen molar-refractivity contribution in [1.29, 1.82) is 0 Å². The topological polar surface area (TPSA) is 58.5 Å². The highest BCUT2D eigenvalue weighted by atomic mass is 127. The lowest BCUT2D eigenvalue weighted by molar-refractivity contribution is 0.288. The van der Waals surface area contributed by atoms with Gasteiger partial charge in [-0.15, -0.1) is 24.0 Å². The lowest BCUT2D eigenvalue weighted by Crippen LogP contribution is -2.37. The Morgan fingerprint density at radius 3 is 2.71 bits per heavy atom. The molecule has 1 fully saturated rings. The van der Waals surface area contributed by atoms with Gasteiger partial charge in [0.25, 0.3) is 0 Å². The molecule has 5 nitrogen and oxygen atoms in total. The Hall–Kier alpha value is -1.05. The average Bonchev–Trinajstić information content (AvgIpc) is 3.41. The summed E-state index contributed by atoms with van der Waals surface area (Å²) in [6.45, 7) is 4.71. The maximum absolute atomic E-state index is 5.65. The van der Waals surface area contributed by atoms with Crippen molar-refractivity contribution < 1.29 is 4.74 Å². The maximum atomic E-state index is 5.65. The zero-order valence-corrected chi connectivity index (χ0v) is 17.2. The van der Waals surface area contributed by atoms with Crippen molar-refractivity contribution in [2.45, 2.75) is 52.0 Å². The number of halogens is 1. The van der Waals surface area contributed by atoms with Crippen LogP contribution in [0.3, 0.4) is 0 Å². The minimum atomic E-state index is 0. The fourth-order valence-corrected chi connectivity index (χ4v) is 2.25. The maximum Gasteiger partial charge on any atom is 0.213 e. The van der Waals surface area contributed by atoms with Crippen LogP contribution in [0.4, 0.5) is 0 Å². The lowest BCUT2D eigenvalue weighted by Gasteiger charge is -2.12. The molecule has 1 aliphatic rings. The summed E-state index contributed by atoms with van der Waals surface area (Å²) in [7, 11) is 1.80. The van der Waals surface area contributed by atoms with Crippen LogP contribution < -0.4 is 15.4 Å². The molecule has 0 bridgehead atoms. The molecule has 1 heterocycles. The van der Waals surface area contributed by atoms with Crippen molar-refractivity contribution in [3.63, 3.8) is 0 Å². The third-order valence-corrected chi connectivity index (χ3v) is 3.97. The van der Waals surface area contributed by atoms with Crippen molar-refractivity contribution in [3.05, 3.63) is 23.9 Å². The van der Waals surface area contributed by atoms with Gasteiger partial charge in [0.2, 0.25) is 5.88 Å². The number of guanidine groups is 1. The molecule has 0 radical (unpaired) electrons. The van der Waals surface area contributed by atoms with E-state index in [0.29, 0.717) is 6.54 Å². The molecule has 24 heavy (non-hydrogen) atoms. The zero-order chi connectivity index (χ0) is 16.3. The molecule has 1 aromatic heterocycles. The number of rotatable bonds is 10. The minimum absolute atomic E-state index is 0. The summed E-state index contributed by atoms with van der Waals surface area (Å²) in [6, 6.07) is 4.00. The van der Waals surface area contributed by atoms with Crippen molar-refractivity contribution in [1.82, 2.24) is 15.6 Å². The fourth-order valence-electron chi connectivity index (χ4n) is 2.25. The molecule has 136 valence electrons. The predicted molar refractivity (Wildman–Crippen MR) is 110 cm³/mol. The summed E-state index contributed by atoms with van der Waals surface area (Å²) < 4.78 is 5.65. The average molecular weight is 446 g/mol. The van der Waals surface area contributed by atoms with Gasteiger partial charge in [0, 0.05) is 32.4 Å². The van der Waals surface area contributed by atoms with E-state index >= 15 is 0 Å². The number of aromatic nitrogens is 1. The smallest absolute Gasteiger partial charge is 0.213 e. The van der Waals surface area contributed by atoms with E-state index in [1.165, 1.54) is 38.5 Å². The highest BCUT2D eigenvalue weighted by molar-refractivity contribution is 14.0. The van der Waals surface area contributed by atoms with E-state index in [4.69, 9.17) is 4.74 Å². The van der Waals surface area contributed by atoms with E-state index in [1.807, 2.05) is 12.3 Å². The number of unbranched alkanes of at least 4 members (excludes halogenated alkanes) is 3. The van der Waals surface area contributed by atoms with Crippen LogP contribution >= 0.6 is 24.0 Å². The number of nitrogens with zero attached hydrogens (tertiary/aromatic N) is 2. The molecular formula is C18H31IN4O. The number of pyridine rings is 1. The van der Waals surface area contributed by atoms with Crippen LogP contribution in [0.5, 0.6) is 5.88 Å². The monoisotopic (exact) mass is 446 g/mol. The van der Waals surface area contributed by atoms with Gasteiger partial charge in [0.15, 0.2) is 5.96 Å².